The summed E-state index contributed by atoms with van der Waals surface area (Å²) < 4.78 is 0. The summed E-state index contributed by atoms with van der Waals surface area (Å²) in [5.41, 5.74) is 4.67. The van der Waals surface area contributed by atoms with Crippen LogP contribution in [0.4, 0.5) is 10.3 Å². The van der Waals surface area contributed by atoms with Crippen molar-refractivity contribution in [3.63, 3.8) is 0 Å². The Hall–Kier alpha value is -2.12. The molecule has 0 saturated carbocycles. The van der Waals surface area contributed by atoms with Crippen molar-refractivity contribution < 1.29 is 0 Å². The van der Waals surface area contributed by atoms with Gasteiger partial charge in [-0.1, -0.05) is 60.2 Å². The van der Waals surface area contributed by atoms with Gasteiger partial charge in [0, 0.05) is 28.6 Å². The average molecular weight is 465 g/mol. The molecule has 0 aliphatic heterocycles. The molecule has 0 radical (unpaired) electrons. The van der Waals surface area contributed by atoms with Gasteiger partial charge in [-0.2, -0.15) is 0 Å². The molecule has 29 heavy (non-hydrogen) atoms. The molecule has 4 aromatic rings. The molecule has 0 atom stereocenters. The second-order valence-electron chi connectivity index (χ2n) is 6.23. The van der Waals surface area contributed by atoms with Gasteiger partial charge in [0.1, 0.15) is 0 Å². The standard InChI is InChI=1S/C21H20N4S2.2ClH/c1-15-7-9-17(10-8-15)19-14-26-21(25-19)24-13-18-12-23-20(27-18)22-11-16-5-3-2-4-6-16;;/h2-10,12,14H,11,13H2,1H3,(H,22,23)(H,24,25);2*1H. The largest absolute Gasteiger partial charge is 0.357 e. The molecule has 2 aromatic heterocycles. The Balaban J connectivity index is 0.00000150. The van der Waals surface area contributed by atoms with Crippen LogP contribution >= 0.6 is 47.5 Å². The quantitative estimate of drug-likeness (QED) is 0.321. The van der Waals surface area contributed by atoms with Gasteiger partial charge in [-0.15, -0.1) is 47.5 Å². The Labute approximate surface area is 191 Å². The van der Waals surface area contributed by atoms with Crippen LogP contribution in [-0.4, -0.2) is 9.97 Å². The van der Waals surface area contributed by atoms with Gasteiger partial charge in [-0.3, -0.25) is 0 Å². The van der Waals surface area contributed by atoms with Gasteiger partial charge in [0.25, 0.3) is 0 Å². The molecule has 0 aliphatic carbocycles. The van der Waals surface area contributed by atoms with Crippen molar-refractivity contribution in [2.24, 2.45) is 0 Å². The molecule has 0 aliphatic rings. The molecule has 2 N–H and O–H groups in total. The highest BCUT2D eigenvalue weighted by molar-refractivity contribution is 7.15. The van der Waals surface area contributed by atoms with Crippen LogP contribution in [0.25, 0.3) is 11.3 Å². The van der Waals surface area contributed by atoms with Gasteiger partial charge < -0.3 is 10.6 Å². The zero-order valence-corrected chi connectivity index (χ0v) is 19.1. The number of benzene rings is 2. The molecule has 0 amide bonds. The topological polar surface area (TPSA) is 49.8 Å². The van der Waals surface area contributed by atoms with E-state index in [1.165, 1.54) is 16.0 Å². The van der Waals surface area contributed by atoms with E-state index < -0.39 is 0 Å². The number of nitrogens with zero attached hydrogens (tertiary/aromatic N) is 2. The predicted octanol–water partition coefficient (Wildman–Crippen LogP) is 6.64. The molecule has 0 spiro atoms. The second kappa shape index (κ2) is 11.2. The van der Waals surface area contributed by atoms with Crippen LogP contribution in [0.2, 0.25) is 0 Å². The van der Waals surface area contributed by atoms with E-state index in [-0.39, 0.29) is 24.8 Å². The van der Waals surface area contributed by atoms with Gasteiger partial charge in [-0.05, 0) is 12.5 Å². The average Bonchev–Trinajstić information content (AvgIpc) is 3.36. The summed E-state index contributed by atoms with van der Waals surface area (Å²) in [6.07, 6.45) is 1.92. The maximum absolute atomic E-state index is 4.68. The van der Waals surface area contributed by atoms with E-state index >= 15 is 0 Å². The summed E-state index contributed by atoms with van der Waals surface area (Å²) in [5, 5.41) is 10.7. The smallest absolute Gasteiger partial charge is 0.183 e. The number of thiazole rings is 2. The number of rotatable bonds is 7. The lowest BCUT2D eigenvalue weighted by molar-refractivity contribution is 1.13. The van der Waals surface area contributed by atoms with E-state index in [4.69, 9.17) is 0 Å². The van der Waals surface area contributed by atoms with Crippen LogP contribution in [0.5, 0.6) is 0 Å². The molecule has 4 nitrogen and oxygen atoms in total. The minimum absolute atomic E-state index is 0. The van der Waals surface area contributed by atoms with E-state index in [2.05, 4.69) is 69.3 Å². The zero-order valence-electron chi connectivity index (χ0n) is 15.8. The lowest BCUT2D eigenvalue weighted by atomic mass is 10.1. The van der Waals surface area contributed by atoms with Crippen LogP contribution in [0.1, 0.15) is 16.0 Å². The van der Waals surface area contributed by atoms with Gasteiger partial charge in [-0.25, -0.2) is 9.97 Å². The minimum atomic E-state index is 0. The fourth-order valence-electron chi connectivity index (χ4n) is 2.62. The van der Waals surface area contributed by atoms with Crippen LogP contribution < -0.4 is 10.6 Å². The number of nitrogens with one attached hydrogen (secondary N) is 2. The maximum Gasteiger partial charge on any atom is 0.183 e. The summed E-state index contributed by atoms with van der Waals surface area (Å²) >= 11 is 3.30. The fourth-order valence-corrected chi connectivity index (χ4v) is 4.09. The molecule has 152 valence electrons. The van der Waals surface area contributed by atoms with Crippen LogP contribution in [0.3, 0.4) is 0 Å². The molecule has 0 fully saturated rings. The Kier molecular flexibility index (Phi) is 8.92. The van der Waals surface area contributed by atoms with Crippen molar-refractivity contribution >= 4 is 57.8 Å². The van der Waals surface area contributed by atoms with Crippen molar-refractivity contribution in [2.45, 2.75) is 20.0 Å². The van der Waals surface area contributed by atoms with Crippen molar-refractivity contribution in [2.75, 3.05) is 10.6 Å². The highest BCUT2D eigenvalue weighted by Crippen LogP contribution is 2.26. The summed E-state index contributed by atoms with van der Waals surface area (Å²) in [6.45, 7) is 3.61. The lowest BCUT2D eigenvalue weighted by Gasteiger charge is -2.02. The first-order valence-electron chi connectivity index (χ1n) is 8.75. The third-order valence-electron chi connectivity index (χ3n) is 4.11. The summed E-state index contributed by atoms with van der Waals surface area (Å²) in [5.74, 6) is 0. The summed E-state index contributed by atoms with van der Waals surface area (Å²) in [7, 11) is 0. The molecule has 0 saturated heterocycles. The lowest BCUT2D eigenvalue weighted by Crippen LogP contribution is -1.98. The molecule has 2 heterocycles. The van der Waals surface area contributed by atoms with Gasteiger partial charge in [0.15, 0.2) is 10.3 Å². The molecule has 0 bridgehead atoms. The summed E-state index contributed by atoms with van der Waals surface area (Å²) in [6, 6.07) is 18.8. The summed E-state index contributed by atoms with van der Waals surface area (Å²) in [4.78, 5) is 10.3. The predicted molar refractivity (Wildman–Crippen MR) is 130 cm³/mol. The third kappa shape index (κ3) is 6.44. The SMILES string of the molecule is Cc1ccc(-c2csc(NCc3cnc(NCc4ccccc4)s3)n2)cc1.Cl.Cl. The maximum atomic E-state index is 4.68. The molecule has 2 aromatic carbocycles. The van der Waals surface area contributed by atoms with E-state index in [0.717, 1.165) is 34.6 Å². The van der Waals surface area contributed by atoms with Crippen LogP contribution in [-0.2, 0) is 13.1 Å². The number of aromatic nitrogens is 2. The van der Waals surface area contributed by atoms with Crippen molar-refractivity contribution in [3.8, 4) is 11.3 Å². The number of aryl methyl sites for hydroxylation is 1. The Morgan fingerprint density at radius 3 is 2.34 bits per heavy atom. The molecular formula is C21H22Cl2N4S2. The monoisotopic (exact) mass is 464 g/mol. The molecular weight excluding hydrogens is 443 g/mol. The van der Waals surface area contributed by atoms with E-state index in [9.17, 15) is 0 Å². The second-order valence-corrected chi connectivity index (χ2v) is 8.20. The number of anilines is 2. The Morgan fingerprint density at radius 1 is 0.862 bits per heavy atom. The number of hydrogen-bond acceptors (Lipinski definition) is 6. The zero-order chi connectivity index (χ0) is 18.5. The Bertz CT molecular complexity index is 1000. The first-order chi connectivity index (χ1) is 13.3. The fraction of sp³-hybridized carbons (Fsp3) is 0.143. The highest BCUT2D eigenvalue weighted by Gasteiger charge is 2.06. The van der Waals surface area contributed by atoms with E-state index in [1.807, 2.05) is 24.4 Å². The normalized spacial score (nSPS) is 9.97. The van der Waals surface area contributed by atoms with Gasteiger partial charge in [0.2, 0.25) is 0 Å². The molecule has 4 rings (SSSR count). The van der Waals surface area contributed by atoms with Crippen molar-refractivity contribution in [1.82, 2.24) is 9.97 Å². The highest BCUT2D eigenvalue weighted by atomic mass is 35.5. The van der Waals surface area contributed by atoms with Gasteiger partial charge in [0.05, 0.1) is 12.2 Å². The van der Waals surface area contributed by atoms with Crippen LogP contribution in [0, 0.1) is 6.92 Å². The number of hydrogen-bond donors (Lipinski definition) is 2. The van der Waals surface area contributed by atoms with Crippen LogP contribution in [0.15, 0.2) is 66.2 Å². The van der Waals surface area contributed by atoms with Crippen molar-refractivity contribution in [3.05, 3.63) is 82.2 Å². The third-order valence-corrected chi connectivity index (χ3v) is 5.86. The Morgan fingerprint density at radius 2 is 1.59 bits per heavy atom. The number of halogens is 2. The first kappa shape index (κ1) is 23.2. The molecule has 0 unspecified atom stereocenters. The molecule has 8 heteroatoms. The van der Waals surface area contributed by atoms with E-state index in [0.29, 0.717) is 0 Å². The van der Waals surface area contributed by atoms with Crippen molar-refractivity contribution in [1.29, 1.82) is 0 Å². The first-order valence-corrected chi connectivity index (χ1v) is 10.4. The van der Waals surface area contributed by atoms with Gasteiger partial charge >= 0.3 is 0 Å². The minimum Gasteiger partial charge on any atom is -0.357 e. The van der Waals surface area contributed by atoms with E-state index in [1.54, 1.807) is 22.7 Å².